The number of pyridine rings is 1. The molecule has 0 bridgehead atoms. The number of nitrogens with zero attached hydrogens (tertiary/aromatic N) is 1. The Balaban J connectivity index is 1.78. The molecule has 3 aromatic rings. The highest BCUT2D eigenvalue weighted by atomic mass is 35.5. The normalized spacial score (nSPS) is 10.7. The molecule has 0 unspecified atom stereocenters. The van der Waals surface area contributed by atoms with Gasteiger partial charge < -0.3 is 10.3 Å². The number of aromatic amines is 1. The van der Waals surface area contributed by atoms with Crippen LogP contribution in [0.2, 0.25) is 5.02 Å². The van der Waals surface area contributed by atoms with Crippen LogP contribution in [-0.2, 0) is 11.2 Å². The van der Waals surface area contributed by atoms with Crippen molar-refractivity contribution in [3.8, 4) is 0 Å². The van der Waals surface area contributed by atoms with E-state index in [1.54, 1.807) is 18.3 Å². The first-order valence-electron chi connectivity index (χ1n) is 6.19. The summed E-state index contributed by atoms with van der Waals surface area (Å²) in [4.78, 5) is 19.2. The van der Waals surface area contributed by atoms with E-state index in [-0.39, 0.29) is 12.3 Å². The molecule has 0 fully saturated rings. The summed E-state index contributed by atoms with van der Waals surface area (Å²) in [6.45, 7) is 0. The zero-order chi connectivity index (χ0) is 13.9. The van der Waals surface area contributed by atoms with Gasteiger partial charge in [-0.2, -0.15) is 0 Å². The molecule has 2 aromatic heterocycles. The third-order valence-electron chi connectivity index (χ3n) is 3.04. The molecule has 4 nitrogen and oxygen atoms in total. The molecule has 0 aliphatic heterocycles. The second-order valence-electron chi connectivity index (χ2n) is 4.42. The van der Waals surface area contributed by atoms with E-state index in [9.17, 15) is 4.79 Å². The van der Waals surface area contributed by atoms with Gasteiger partial charge >= 0.3 is 0 Å². The number of halogens is 1. The summed E-state index contributed by atoms with van der Waals surface area (Å²) >= 11 is 5.96. The van der Waals surface area contributed by atoms with E-state index < -0.39 is 0 Å². The Hall–Kier alpha value is -2.33. The summed E-state index contributed by atoms with van der Waals surface area (Å²) in [6.07, 6.45) is 3.72. The molecule has 0 aliphatic carbocycles. The molecule has 100 valence electrons. The molecule has 1 aromatic carbocycles. The van der Waals surface area contributed by atoms with Crippen molar-refractivity contribution in [1.29, 1.82) is 0 Å². The third-order valence-corrected chi connectivity index (χ3v) is 3.35. The monoisotopic (exact) mass is 285 g/mol. The van der Waals surface area contributed by atoms with E-state index in [0.717, 1.165) is 16.5 Å². The van der Waals surface area contributed by atoms with Crippen LogP contribution in [-0.4, -0.2) is 15.9 Å². The molecule has 5 heteroatoms. The zero-order valence-electron chi connectivity index (χ0n) is 10.6. The van der Waals surface area contributed by atoms with Crippen LogP contribution in [0.3, 0.4) is 0 Å². The second kappa shape index (κ2) is 5.35. The average molecular weight is 286 g/mol. The quantitative estimate of drug-likeness (QED) is 0.775. The number of aromatic nitrogens is 2. The number of H-pyrrole nitrogens is 1. The minimum absolute atomic E-state index is 0.143. The molecule has 1 amide bonds. The van der Waals surface area contributed by atoms with Crippen molar-refractivity contribution in [3.05, 3.63) is 59.4 Å². The Morgan fingerprint density at radius 1 is 1.25 bits per heavy atom. The first-order chi connectivity index (χ1) is 9.74. The lowest BCUT2D eigenvalue weighted by molar-refractivity contribution is -0.115. The van der Waals surface area contributed by atoms with Gasteiger partial charge in [0.2, 0.25) is 5.91 Å². The predicted molar refractivity (Wildman–Crippen MR) is 79.9 cm³/mol. The molecule has 0 aliphatic rings. The molecule has 20 heavy (non-hydrogen) atoms. The van der Waals surface area contributed by atoms with Crippen molar-refractivity contribution < 1.29 is 4.79 Å². The highest BCUT2D eigenvalue weighted by Gasteiger charge is 2.10. The molecular formula is C15H12ClN3O. The molecule has 2 N–H and O–H groups in total. The number of fused-ring (bicyclic) bond motifs is 1. The molecular weight excluding hydrogens is 274 g/mol. The van der Waals surface area contributed by atoms with Crippen LogP contribution in [0.15, 0.2) is 48.8 Å². The van der Waals surface area contributed by atoms with Crippen LogP contribution in [0, 0.1) is 0 Å². The lowest BCUT2D eigenvalue weighted by Gasteiger charge is -2.05. The van der Waals surface area contributed by atoms with Crippen molar-refractivity contribution in [3.63, 3.8) is 0 Å². The Morgan fingerprint density at radius 2 is 2.10 bits per heavy atom. The van der Waals surface area contributed by atoms with Crippen LogP contribution in [0.5, 0.6) is 0 Å². The lowest BCUT2D eigenvalue weighted by atomic mass is 10.1. The van der Waals surface area contributed by atoms with E-state index in [1.807, 2.05) is 30.5 Å². The van der Waals surface area contributed by atoms with Gasteiger partial charge in [0.05, 0.1) is 11.4 Å². The van der Waals surface area contributed by atoms with Gasteiger partial charge in [0, 0.05) is 23.3 Å². The summed E-state index contributed by atoms with van der Waals surface area (Å²) in [5.74, 6) is 0.245. The standard InChI is InChI=1S/C15H12ClN3O/c16-12-5-3-7-17-15(12)19-14(20)8-10-9-18-13-6-2-1-4-11(10)13/h1-7,9,18H,8H2,(H,17,19,20). The van der Waals surface area contributed by atoms with Gasteiger partial charge in [0.25, 0.3) is 0 Å². The van der Waals surface area contributed by atoms with Gasteiger partial charge in [-0.3, -0.25) is 4.79 Å². The number of hydrogen-bond donors (Lipinski definition) is 2. The maximum Gasteiger partial charge on any atom is 0.230 e. The number of benzene rings is 1. The van der Waals surface area contributed by atoms with Crippen LogP contribution >= 0.6 is 11.6 Å². The summed E-state index contributed by atoms with van der Waals surface area (Å²) < 4.78 is 0. The number of hydrogen-bond acceptors (Lipinski definition) is 2. The predicted octanol–water partition coefficient (Wildman–Crippen LogP) is 3.40. The van der Waals surface area contributed by atoms with E-state index in [4.69, 9.17) is 11.6 Å². The van der Waals surface area contributed by atoms with Gasteiger partial charge in [0.1, 0.15) is 0 Å². The van der Waals surface area contributed by atoms with Crippen molar-refractivity contribution in [2.75, 3.05) is 5.32 Å². The SMILES string of the molecule is O=C(Cc1c[nH]c2ccccc12)Nc1ncccc1Cl. The zero-order valence-corrected chi connectivity index (χ0v) is 11.3. The molecule has 0 atom stereocenters. The van der Waals surface area contributed by atoms with Gasteiger partial charge in [-0.1, -0.05) is 29.8 Å². The third kappa shape index (κ3) is 2.51. The number of nitrogens with one attached hydrogen (secondary N) is 2. The van der Waals surface area contributed by atoms with Crippen LogP contribution in [0.1, 0.15) is 5.56 Å². The summed E-state index contributed by atoms with van der Waals surface area (Å²) in [6, 6.07) is 11.3. The van der Waals surface area contributed by atoms with Crippen molar-refractivity contribution in [2.24, 2.45) is 0 Å². The Morgan fingerprint density at radius 3 is 2.95 bits per heavy atom. The number of carbonyl (C=O) groups is 1. The Bertz CT molecular complexity index is 766. The fourth-order valence-electron chi connectivity index (χ4n) is 2.10. The van der Waals surface area contributed by atoms with Crippen molar-refractivity contribution >= 4 is 34.2 Å². The maximum absolute atomic E-state index is 12.1. The van der Waals surface area contributed by atoms with Crippen LogP contribution < -0.4 is 5.32 Å². The number of amides is 1. The molecule has 0 saturated carbocycles. The summed E-state index contributed by atoms with van der Waals surface area (Å²) in [5, 5.41) is 4.20. The van der Waals surface area contributed by atoms with Crippen molar-refractivity contribution in [1.82, 2.24) is 9.97 Å². The van der Waals surface area contributed by atoms with Gasteiger partial charge in [-0.15, -0.1) is 0 Å². The van der Waals surface area contributed by atoms with E-state index in [2.05, 4.69) is 15.3 Å². The molecule has 2 heterocycles. The number of para-hydroxylation sites is 1. The van der Waals surface area contributed by atoms with Gasteiger partial charge in [0.15, 0.2) is 5.82 Å². The fourth-order valence-corrected chi connectivity index (χ4v) is 2.27. The molecule has 0 radical (unpaired) electrons. The first-order valence-corrected chi connectivity index (χ1v) is 6.57. The maximum atomic E-state index is 12.1. The van der Waals surface area contributed by atoms with Gasteiger partial charge in [-0.05, 0) is 23.8 Å². The summed E-state index contributed by atoms with van der Waals surface area (Å²) in [7, 11) is 0. The number of rotatable bonds is 3. The molecule has 3 rings (SSSR count). The minimum Gasteiger partial charge on any atom is -0.361 e. The molecule has 0 saturated heterocycles. The first kappa shape index (κ1) is 12.7. The lowest BCUT2D eigenvalue weighted by Crippen LogP contribution is -2.15. The van der Waals surface area contributed by atoms with E-state index in [1.165, 1.54) is 0 Å². The average Bonchev–Trinajstić information content (AvgIpc) is 2.85. The fraction of sp³-hybridized carbons (Fsp3) is 0.0667. The Labute approximate surface area is 120 Å². The topological polar surface area (TPSA) is 57.8 Å². The summed E-state index contributed by atoms with van der Waals surface area (Å²) in [5.41, 5.74) is 1.97. The van der Waals surface area contributed by atoms with E-state index in [0.29, 0.717) is 10.8 Å². The largest absolute Gasteiger partial charge is 0.361 e. The van der Waals surface area contributed by atoms with Gasteiger partial charge in [-0.25, -0.2) is 4.98 Å². The Kier molecular flexibility index (Phi) is 3.39. The molecule has 0 spiro atoms. The van der Waals surface area contributed by atoms with Crippen molar-refractivity contribution in [2.45, 2.75) is 6.42 Å². The number of anilines is 1. The highest BCUT2D eigenvalue weighted by Crippen LogP contribution is 2.20. The second-order valence-corrected chi connectivity index (χ2v) is 4.83. The smallest absolute Gasteiger partial charge is 0.230 e. The number of carbonyl (C=O) groups excluding carboxylic acids is 1. The minimum atomic E-state index is -0.143. The van der Waals surface area contributed by atoms with Crippen LogP contribution in [0.4, 0.5) is 5.82 Å². The highest BCUT2D eigenvalue weighted by molar-refractivity contribution is 6.33. The van der Waals surface area contributed by atoms with E-state index >= 15 is 0 Å². The van der Waals surface area contributed by atoms with Crippen LogP contribution in [0.25, 0.3) is 10.9 Å².